The molecular weight excluding hydrogens is 444 g/mol. The zero-order valence-corrected chi connectivity index (χ0v) is 20.2. The molecule has 0 bridgehead atoms. The van der Waals surface area contributed by atoms with Crippen LogP contribution in [-0.4, -0.2) is 23.6 Å². The predicted molar refractivity (Wildman–Crippen MR) is 144 cm³/mol. The number of nitrogens with one attached hydrogen (secondary N) is 1. The number of carbonyl (C=O) groups is 1. The van der Waals surface area contributed by atoms with Crippen LogP contribution in [0.5, 0.6) is 0 Å². The van der Waals surface area contributed by atoms with E-state index >= 15 is 0 Å². The van der Waals surface area contributed by atoms with Crippen LogP contribution >= 0.6 is 0 Å². The predicted octanol–water partition coefficient (Wildman–Crippen LogP) is 5.86. The topological polar surface area (TPSA) is 41.6 Å². The van der Waals surface area contributed by atoms with Gasteiger partial charge in [0.2, 0.25) is 0 Å². The normalized spacial score (nSPS) is 11.4. The van der Waals surface area contributed by atoms with Gasteiger partial charge in [-0.1, -0.05) is 109 Å². The summed E-state index contributed by atoms with van der Waals surface area (Å²) in [6, 6.07) is 39.1. The van der Waals surface area contributed by atoms with Gasteiger partial charge in [-0.25, -0.2) is 5.01 Å². The highest BCUT2D eigenvalue weighted by Crippen LogP contribution is 2.12. The van der Waals surface area contributed by atoms with Crippen LogP contribution in [0.2, 0.25) is 0 Å². The van der Waals surface area contributed by atoms with E-state index in [1.165, 1.54) is 0 Å². The zero-order chi connectivity index (χ0) is 24.8. The molecule has 0 spiro atoms. The SMILES string of the molecule is O=C(NN(Cc1ccccc1)C(C#Cc1ccccc1)CCOCc1ccccc1)c1ccccc1. The average Bonchev–Trinajstić information content (AvgIpc) is 2.94. The van der Waals surface area contributed by atoms with Crippen molar-refractivity contribution in [2.75, 3.05) is 6.61 Å². The van der Waals surface area contributed by atoms with E-state index in [4.69, 9.17) is 4.74 Å². The molecule has 1 atom stereocenters. The summed E-state index contributed by atoms with van der Waals surface area (Å²) in [6.07, 6.45) is 0.634. The molecule has 0 saturated heterocycles. The van der Waals surface area contributed by atoms with Crippen molar-refractivity contribution in [1.82, 2.24) is 10.4 Å². The van der Waals surface area contributed by atoms with E-state index in [0.717, 1.165) is 16.7 Å². The first-order valence-corrected chi connectivity index (χ1v) is 12.1. The number of nitrogens with zero attached hydrogens (tertiary/aromatic N) is 1. The van der Waals surface area contributed by atoms with Crippen LogP contribution in [0.3, 0.4) is 0 Å². The Hall–Kier alpha value is -4.17. The van der Waals surface area contributed by atoms with E-state index < -0.39 is 0 Å². The summed E-state index contributed by atoms with van der Waals surface area (Å²) >= 11 is 0. The molecule has 0 radical (unpaired) electrons. The molecule has 0 aromatic heterocycles. The number of amides is 1. The van der Waals surface area contributed by atoms with Crippen molar-refractivity contribution >= 4 is 5.91 Å². The number of benzene rings is 4. The second-order valence-electron chi connectivity index (χ2n) is 8.40. The average molecular weight is 475 g/mol. The number of hydrogen-bond donors (Lipinski definition) is 1. The van der Waals surface area contributed by atoms with Gasteiger partial charge >= 0.3 is 0 Å². The van der Waals surface area contributed by atoms with E-state index in [0.29, 0.717) is 31.7 Å². The summed E-state index contributed by atoms with van der Waals surface area (Å²) < 4.78 is 5.99. The van der Waals surface area contributed by atoms with Crippen LogP contribution in [0.4, 0.5) is 0 Å². The largest absolute Gasteiger partial charge is 0.377 e. The summed E-state index contributed by atoms with van der Waals surface area (Å²) in [6.45, 7) is 1.57. The van der Waals surface area contributed by atoms with Gasteiger partial charge in [-0.15, -0.1) is 0 Å². The summed E-state index contributed by atoms with van der Waals surface area (Å²) in [7, 11) is 0. The molecule has 4 rings (SSSR count). The Bertz CT molecular complexity index is 1250. The van der Waals surface area contributed by atoms with Crippen molar-refractivity contribution in [3.05, 3.63) is 144 Å². The minimum absolute atomic E-state index is 0.164. The molecule has 0 aliphatic rings. The molecule has 0 aliphatic heterocycles. The van der Waals surface area contributed by atoms with Crippen molar-refractivity contribution in [1.29, 1.82) is 0 Å². The van der Waals surface area contributed by atoms with E-state index in [1.54, 1.807) is 0 Å². The van der Waals surface area contributed by atoms with Gasteiger partial charge in [0.15, 0.2) is 0 Å². The summed E-state index contributed by atoms with van der Waals surface area (Å²) in [4.78, 5) is 13.1. The highest BCUT2D eigenvalue weighted by molar-refractivity contribution is 5.93. The van der Waals surface area contributed by atoms with Crippen LogP contribution in [0.1, 0.15) is 33.5 Å². The van der Waals surface area contributed by atoms with Crippen molar-refractivity contribution in [3.63, 3.8) is 0 Å². The molecule has 0 saturated carbocycles. The third-order valence-electron chi connectivity index (χ3n) is 5.66. The monoisotopic (exact) mass is 474 g/mol. The lowest BCUT2D eigenvalue weighted by molar-refractivity contribution is 0.0606. The maximum absolute atomic E-state index is 13.1. The lowest BCUT2D eigenvalue weighted by Gasteiger charge is -2.29. The Balaban J connectivity index is 1.54. The van der Waals surface area contributed by atoms with Crippen molar-refractivity contribution in [2.45, 2.75) is 25.6 Å². The quantitative estimate of drug-likeness (QED) is 0.178. The van der Waals surface area contributed by atoms with Crippen molar-refractivity contribution in [2.24, 2.45) is 0 Å². The lowest BCUT2D eigenvalue weighted by atomic mass is 10.1. The molecule has 0 fully saturated rings. The van der Waals surface area contributed by atoms with Crippen LogP contribution in [0.15, 0.2) is 121 Å². The Morgan fingerprint density at radius 3 is 1.94 bits per heavy atom. The first-order valence-electron chi connectivity index (χ1n) is 12.1. The highest BCUT2D eigenvalue weighted by atomic mass is 16.5. The van der Waals surface area contributed by atoms with Gasteiger partial charge in [-0.2, -0.15) is 0 Å². The smallest absolute Gasteiger partial charge is 0.265 e. The second kappa shape index (κ2) is 13.7. The molecule has 0 heterocycles. The fourth-order valence-electron chi connectivity index (χ4n) is 3.75. The highest BCUT2D eigenvalue weighted by Gasteiger charge is 2.20. The van der Waals surface area contributed by atoms with Gasteiger partial charge in [0.1, 0.15) is 0 Å². The van der Waals surface area contributed by atoms with Crippen molar-refractivity contribution < 1.29 is 9.53 Å². The fourth-order valence-corrected chi connectivity index (χ4v) is 3.75. The Morgan fingerprint density at radius 1 is 0.750 bits per heavy atom. The molecule has 4 nitrogen and oxygen atoms in total. The van der Waals surface area contributed by atoms with E-state index in [1.807, 2.05) is 102 Å². The maximum Gasteiger partial charge on any atom is 0.265 e. The van der Waals surface area contributed by atoms with E-state index in [-0.39, 0.29) is 11.9 Å². The molecule has 0 aliphatic carbocycles. The van der Waals surface area contributed by atoms with Crippen LogP contribution in [-0.2, 0) is 17.9 Å². The summed E-state index contributed by atoms with van der Waals surface area (Å²) in [5.41, 5.74) is 6.86. The molecule has 4 aromatic rings. The van der Waals surface area contributed by atoms with Gasteiger partial charge in [0, 0.05) is 24.3 Å². The Morgan fingerprint density at radius 2 is 1.31 bits per heavy atom. The molecule has 1 N–H and O–H groups in total. The van der Waals surface area contributed by atoms with Crippen LogP contribution < -0.4 is 5.43 Å². The molecule has 4 heteroatoms. The first kappa shape index (κ1) is 24.9. The Labute approximate surface area is 213 Å². The molecule has 36 heavy (non-hydrogen) atoms. The fraction of sp³-hybridized carbons (Fsp3) is 0.156. The standard InChI is InChI=1S/C32H30N2O2/c35-32(30-19-11-4-12-20-30)33-34(25-28-15-7-2-8-16-28)31(22-21-27-13-5-1-6-14-27)23-24-36-26-29-17-9-3-10-18-29/h1-20,31H,23-26H2,(H,33,35). The summed E-state index contributed by atoms with van der Waals surface area (Å²) in [5.74, 6) is 6.51. The summed E-state index contributed by atoms with van der Waals surface area (Å²) in [5, 5.41) is 1.92. The van der Waals surface area contributed by atoms with Gasteiger partial charge in [-0.3, -0.25) is 10.2 Å². The molecule has 1 amide bonds. The van der Waals surface area contributed by atoms with Crippen molar-refractivity contribution in [3.8, 4) is 11.8 Å². The van der Waals surface area contributed by atoms with Gasteiger partial charge in [-0.05, 0) is 41.8 Å². The van der Waals surface area contributed by atoms with Gasteiger partial charge in [0.25, 0.3) is 5.91 Å². The number of ether oxygens (including phenoxy) is 1. The molecular formula is C32H30N2O2. The number of hydrazine groups is 1. The van der Waals surface area contributed by atoms with Gasteiger partial charge < -0.3 is 4.74 Å². The van der Waals surface area contributed by atoms with Crippen LogP contribution in [0, 0.1) is 11.8 Å². The number of hydrogen-bond acceptors (Lipinski definition) is 3. The van der Waals surface area contributed by atoms with E-state index in [2.05, 4.69) is 41.5 Å². The molecule has 1 unspecified atom stereocenters. The second-order valence-corrected chi connectivity index (χ2v) is 8.40. The number of carbonyl (C=O) groups excluding carboxylic acids is 1. The van der Waals surface area contributed by atoms with Crippen LogP contribution in [0.25, 0.3) is 0 Å². The number of rotatable bonds is 10. The molecule has 180 valence electrons. The van der Waals surface area contributed by atoms with E-state index in [9.17, 15) is 4.79 Å². The third-order valence-corrected chi connectivity index (χ3v) is 5.66. The lowest BCUT2D eigenvalue weighted by Crippen LogP contribution is -2.48. The minimum Gasteiger partial charge on any atom is -0.377 e. The zero-order valence-electron chi connectivity index (χ0n) is 20.2. The molecule has 4 aromatic carbocycles. The Kier molecular flexibility index (Phi) is 9.46. The minimum atomic E-state index is -0.256. The third kappa shape index (κ3) is 7.95. The van der Waals surface area contributed by atoms with Gasteiger partial charge in [0.05, 0.1) is 12.6 Å². The maximum atomic E-state index is 13.1. The first-order chi connectivity index (χ1) is 17.8.